The van der Waals surface area contributed by atoms with Crippen LogP contribution in [0.1, 0.15) is 27.7 Å². The van der Waals surface area contributed by atoms with Crippen molar-refractivity contribution >= 4 is 11.6 Å². The van der Waals surface area contributed by atoms with Gasteiger partial charge < -0.3 is 38.5 Å². The second-order valence-electron chi connectivity index (χ2n) is 8.15. The Morgan fingerprint density at radius 2 is 1.59 bits per heavy atom. The van der Waals surface area contributed by atoms with Crippen LogP contribution in [0.25, 0.3) is 0 Å². The van der Waals surface area contributed by atoms with Gasteiger partial charge in [0, 0.05) is 6.07 Å². The van der Waals surface area contributed by atoms with Gasteiger partial charge >= 0.3 is 0 Å². The molecule has 0 spiro atoms. The van der Waals surface area contributed by atoms with Crippen LogP contribution in [0.4, 0.5) is 5.69 Å². The molecule has 1 amide bonds. The molecule has 5 atom stereocenters. The highest BCUT2D eigenvalue weighted by atomic mass is 16.9. The molecule has 0 aromatic heterocycles. The lowest BCUT2D eigenvalue weighted by Gasteiger charge is -2.36. The first kappa shape index (κ1) is 20.4. The third-order valence-corrected chi connectivity index (χ3v) is 5.08. The van der Waals surface area contributed by atoms with E-state index in [1.165, 1.54) is 7.11 Å². The molecule has 9 nitrogen and oxygen atoms in total. The van der Waals surface area contributed by atoms with Crippen LogP contribution in [0.15, 0.2) is 18.2 Å². The average Bonchev–Trinajstić information content (AvgIpc) is 3.14. The number of rotatable bonds is 4. The number of nitrogens with one attached hydrogen (secondary N) is 1. The molecule has 160 valence electrons. The summed E-state index contributed by atoms with van der Waals surface area (Å²) in [6, 6.07) is 5.13. The van der Waals surface area contributed by atoms with Crippen molar-refractivity contribution in [2.45, 2.75) is 70.0 Å². The molecule has 3 aliphatic rings. The minimum absolute atomic E-state index is 0.403. The molecular formula is C20H27NO8. The highest BCUT2D eigenvalue weighted by Crippen LogP contribution is 2.44. The molecule has 9 heteroatoms. The minimum atomic E-state index is -0.962. The number of amides is 1. The van der Waals surface area contributed by atoms with Crippen LogP contribution < -0.4 is 14.8 Å². The zero-order chi connectivity index (χ0) is 21.0. The summed E-state index contributed by atoms with van der Waals surface area (Å²) >= 11 is 0. The zero-order valence-corrected chi connectivity index (χ0v) is 17.4. The molecule has 1 N–H and O–H groups in total. The second-order valence-corrected chi connectivity index (χ2v) is 8.15. The van der Waals surface area contributed by atoms with Gasteiger partial charge in [-0.05, 0) is 39.8 Å². The minimum Gasteiger partial charge on any atom is -0.497 e. The van der Waals surface area contributed by atoms with Crippen molar-refractivity contribution < 1.29 is 38.0 Å². The van der Waals surface area contributed by atoms with Crippen LogP contribution in [0.2, 0.25) is 0 Å². The lowest BCUT2D eigenvalue weighted by Crippen LogP contribution is -2.58. The molecule has 0 bridgehead atoms. The van der Waals surface area contributed by atoms with E-state index in [9.17, 15) is 4.79 Å². The molecule has 3 fully saturated rings. The van der Waals surface area contributed by atoms with Gasteiger partial charge in [0.25, 0.3) is 5.91 Å². The molecule has 0 radical (unpaired) electrons. The van der Waals surface area contributed by atoms with Crippen LogP contribution in [-0.4, -0.2) is 62.4 Å². The summed E-state index contributed by atoms with van der Waals surface area (Å²) in [6.07, 6.45) is -3.36. The van der Waals surface area contributed by atoms with Crippen molar-refractivity contribution in [3.05, 3.63) is 18.2 Å². The Hall–Kier alpha value is -1.91. The fourth-order valence-electron chi connectivity index (χ4n) is 3.94. The first-order valence-electron chi connectivity index (χ1n) is 9.52. The van der Waals surface area contributed by atoms with E-state index in [2.05, 4.69) is 5.32 Å². The van der Waals surface area contributed by atoms with Crippen LogP contribution >= 0.6 is 0 Å². The molecular weight excluding hydrogens is 382 g/mol. The number of benzene rings is 1. The molecule has 0 aliphatic carbocycles. The van der Waals surface area contributed by atoms with Crippen molar-refractivity contribution in [1.82, 2.24) is 0 Å². The van der Waals surface area contributed by atoms with E-state index in [1.807, 2.05) is 0 Å². The van der Waals surface area contributed by atoms with Crippen molar-refractivity contribution in [3.8, 4) is 11.5 Å². The maximum Gasteiger partial charge on any atom is 0.256 e. The topological polar surface area (TPSA) is 93.7 Å². The quantitative estimate of drug-likeness (QED) is 0.808. The van der Waals surface area contributed by atoms with Gasteiger partial charge in [0.2, 0.25) is 0 Å². The van der Waals surface area contributed by atoms with Crippen LogP contribution in [0, 0.1) is 0 Å². The van der Waals surface area contributed by atoms with Gasteiger partial charge in [-0.3, -0.25) is 4.79 Å². The van der Waals surface area contributed by atoms with Crippen molar-refractivity contribution in [2.75, 3.05) is 19.5 Å². The molecule has 3 saturated heterocycles. The Bertz CT molecular complexity index is 795. The largest absolute Gasteiger partial charge is 0.497 e. The lowest BCUT2D eigenvalue weighted by molar-refractivity contribution is -0.229. The van der Waals surface area contributed by atoms with Crippen molar-refractivity contribution in [2.24, 2.45) is 0 Å². The average molecular weight is 409 g/mol. The van der Waals surface area contributed by atoms with Crippen molar-refractivity contribution in [1.29, 1.82) is 0 Å². The van der Waals surface area contributed by atoms with Crippen LogP contribution in [-0.2, 0) is 28.5 Å². The maximum absolute atomic E-state index is 13.2. The fourth-order valence-corrected chi connectivity index (χ4v) is 3.94. The number of fused-ring (bicyclic) bond motifs is 3. The second kappa shape index (κ2) is 7.10. The van der Waals surface area contributed by atoms with Gasteiger partial charge in [-0.2, -0.15) is 0 Å². The zero-order valence-electron chi connectivity index (χ0n) is 17.4. The SMILES string of the molecule is COc1ccc(OC)c(NC(=O)[C@@H]2O[C@H]3OC(C)(C)O[C@@H]3[C@@H]3OC(C)(C)O[C@@H]32)c1. The molecule has 1 aromatic rings. The molecule has 1 aromatic carbocycles. The van der Waals surface area contributed by atoms with E-state index in [0.29, 0.717) is 17.2 Å². The number of hydrogen-bond donors (Lipinski definition) is 1. The molecule has 29 heavy (non-hydrogen) atoms. The van der Waals surface area contributed by atoms with Crippen molar-refractivity contribution in [3.63, 3.8) is 0 Å². The monoisotopic (exact) mass is 409 g/mol. The van der Waals surface area contributed by atoms with Gasteiger partial charge in [0.1, 0.15) is 29.8 Å². The highest BCUT2D eigenvalue weighted by molar-refractivity contribution is 5.96. The number of carbonyl (C=O) groups is 1. The Morgan fingerprint density at radius 3 is 2.28 bits per heavy atom. The van der Waals surface area contributed by atoms with E-state index < -0.39 is 48.2 Å². The summed E-state index contributed by atoms with van der Waals surface area (Å²) in [7, 11) is 3.07. The third-order valence-electron chi connectivity index (χ3n) is 5.08. The third kappa shape index (κ3) is 3.80. The van der Waals surface area contributed by atoms with Gasteiger partial charge in [0.05, 0.1) is 19.9 Å². The van der Waals surface area contributed by atoms with Crippen LogP contribution in [0.3, 0.4) is 0 Å². The number of carbonyl (C=O) groups excluding carboxylic acids is 1. The van der Waals surface area contributed by atoms with E-state index in [4.69, 9.17) is 33.2 Å². The van der Waals surface area contributed by atoms with E-state index >= 15 is 0 Å². The van der Waals surface area contributed by atoms with Gasteiger partial charge in [-0.25, -0.2) is 0 Å². The Labute approximate surface area is 169 Å². The Morgan fingerprint density at radius 1 is 0.931 bits per heavy atom. The molecule has 0 unspecified atom stereocenters. The molecule has 0 saturated carbocycles. The summed E-state index contributed by atoms with van der Waals surface area (Å²) in [5.41, 5.74) is 0.459. The molecule has 3 aliphatic heterocycles. The summed E-state index contributed by atoms with van der Waals surface area (Å²) in [6.45, 7) is 7.17. The first-order valence-corrected chi connectivity index (χ1v) is 9.52. The Kier molecular flexibility index (Phi) is 4.99. The number of methoxy groups -OCH3 is 2. The predicted octanol–water partition coefficient (Wildman–Crippen LogP) is 2.04. The van der Waals surface area contributed by atoms with Crippen LogP contribution in [0.5, 0.6) is 11.5 Å². The highest BCUT2D eigenvalue weighted by Gasteiger charge is 2.62. The Balaban J connectivity index is 1.60. The lowest BCUT2D eigenvalue weighted by atomic mass is 9.98. The molecule has 3 heterocycles. The standard InChI is InChI=1S/C20H27NO8/c1-19(2)26-13-14(27-19)16-18(29-20(3,4)28-16)25-15(13)17(22)21-11-9-10(23-5)7-8-12(11)24-6/h7-9,13-16,18H,1-6H3,(H,21,22)/t13-,14+,15+,16+,18-/m0/s1. The summed E-state index contributed by atoms with van der Waals surface area (Å²) in [4.78, 5) is 13.2. The maximum atomic E-state index is 13.2. The van der Waals surface area contributed by atoms with E-state index in [0.717, 1.165) is 0 Å². The predicted molar refractivity (Wildman–Crippen MR) is 101 cm³/mol. The van der Waals surface area contributed by atoms with Gasteiger partial charge in [-0.15, -0.1) is 0 Å². The van der Waals surface area contributed by atoms with E-state index in [-0.39, 0.29) is 0 Å². The number of hydrogen-bond acceptors (Lipinski definition) is 8. The summed E-state index contributed by atoms with van der Waals surface area (Å²) < 4.78 is 40.4. The first-order chi connectivity index (χ1) is 13.6. The summed E-state index contributed by atoms with van der Waals surface area (Å²) in [5.74, 6) is -1.05. The van der Waals surface area contributed by atoms with E-state index in [1.54, 1.807) is 53.0 Å². The van der Waals surface area contributed by atoms with Gasteiger partial charge in [0.15, 0.2) is 24.0 Å². The number of ether oxygens (including phenoxy) is 7. The smallest absolute Gasteiger partial charge is 0.256 e. The van der Waals surface area contributed by atoms with Gasteiger partial charge in [-0.1, -0.05) is 0 Å². The molecule has 4 rings (SSSR count). The normalized spacial score (nSPS) is 34.2. The number of anilines is 1. The summed E-state index contributed by atoms with van der Waals surface area (Å²) in [5, 5.41) is 2.85. The fraction of sp³-hybridized carbons (Fsp3) is 0.650.